The molecule has 1 saturated heterocycles. The van der Waals surface area contributed by atoms with Crippen molar-refractivity contribution in [1.29, 1.82) is 5.26 Å². The first-order valence-corrected chi connectivity index (χ1v) is 5.95. The van der Waals surface area contributed by atoms with Gasteiger partial charge in [0.1, 0.15) is 6.07 Å². The van der Waals surface area contributed by atoms with Gasteiger partial charge in [-0.3, -0.25) is 0 Å². The smallest absolute Gasteiger partial charge is 0.213 e. The summed E-state index contributed by atoms with van der Waals surface area (Å²) in [5.74, 6) is 1.24. The predicted molar refractivity (Wildman–Crippen MR) is 64.7 cm³/mol. The molecule has 1 aliphatic rings. The average Bonchev–Trinajstić information content (AvgIpc) is 2.39. The molecule has 1 aliphatic heterocycles. The Kier molecular flexibility index (Phi) is 3.94. The summed E-state index contributed by atoms with van der Waals surface area (Å²) in [6.07, 6.45) is 3.92. The maximum absolute atomic E-state index is 8.65. The highest BCUT2D eigenvalue weighted by atomic mass is 16.5. The highest BCUT2D eigenvalue weighted by Crippen LogP contribution is 2.17. The fourth-order valence-corrected chi connectivity index (χ4v) is 1.96. The third kappa shape index (κ3) is 3.43. The van der Waals surface area contributed by atoms with E-state index in [1.807, 2.05) is 6.07 Å². The number of nitriles is 1. The Morgan fingerprint density at radius 3 is 2.82 bits per heavy atom. The van der Waals surface area contributed by atoms with Crippen molar-refractivity contribution in [1.82, 2.24) is 9.88 Å². The fraction of sp³-hybridized carbons (Fsp3) is 0.538. The first-order chi connectivity index (χ1) is 8.28. The van der Waals surface area contributed by atoms with Crippen molar-refractivity contribution in [2.24, 2.45) is 5.92 Å². The van der Waals surface area contributed by atoms with Crippen LogP contribution in [-0.4, -0.2) is 36.6 Å². The van der Waals surface area contributed by atoms with Crippen LogP contribution in [0.25, 0.3) is 0 Å². The van der Waals surface area contributed by atoms with Crippen LogP contribution < -0.4 is 4.74 Å². The minimum Gasteiger partial charge on any atom is -0.477 e. The molecule has 0 bridgehead atoms. The zero-order valence-electron chi connectivity index (χ0n) is 10.1. The molecule has 0 atom stereocenters. The second-order valence-corrected chi connectivity index (χ2v) is 4.55. The summed E-state index contributed by atoms with van der Waals surface area (Å²) < 4.78 is 5.64. The van der Waals surface area contributed by atoms with Gasteiger partial charge in [0.2, 0.25) is 5.88 Å². The Hall–Kier alpha value is -1.60. The second-order valence-electron chi connectivity index (χ2n) is 4.55. The lowest BCUT2D eigenvalue weighted by Crippen LogP contribution is -2.32. The maximum atomic E-state index is 8.65. The van der Waals surface area contributed by atoms with E-state index in [0.29, 0.717) is 17.4 Å². The molecule has 0 radical (unpaired) electrons. The normalized spacial score (nSPS) is 17.6. The van der Waals surface area contributed by atoms with Gasteiger partial charge in [-0.25, -0.2) is 4.98 Å². The van der Waals surface area contributed by atoms with Crippen molar-refractivity contribution < 1.29 is 4.74 Å². The summed E-state index contributed by atoms with van der Waals surface area (Å²) >= 11 is 0. The molecule has 0 aliphatic carbocycles. The van der Waals surface area contributed by atoms with Crippen LogP contribution in [0.4, 0.5) is 0 Å². The van der Waals surface area contributed by atoms with Gasteiger partial charge in [-0.2, -0.15) is 5.26 Å². The third-order valence-electron chi connectivity index (χ3n) is 3.17. The zero-order chi connectivity index (χ0) is 12.1. The summed E-state index contributed by atoms with van der Waals surface area (Å²) in [6.45, 7) is 3.02. The van der Waals surface area contributed by atoms with Gasteiger partial charge < -0.3 is 9.64 Å². The van der Waals surface area contributed by atoms with Gasteiger partial charge in [0.15, 0.2) is 0 Å². The molecule has 0 aromatic carbocycles. The van der Waals surface area contributed by atoms with Crippen molar-refractivity contribution in [2.45, 2.75) is 12.8 Å². The van der Waals surface area contributed by atoms with Gasteiger partial charge in [0.05, 0.1) is 12.2 Å². The monoisotopic (exact) mass is 231 g/mol. The molecule has 0 amide bonds. The Balaban J connectivity index is 1.79. The van der Waals surface area contributed by atoms with E-state index in [4.69, 9.17) is 10.00 Å². The highest BCUT2D eigenvalue weighted by Gasteiger charge is 2.17. The fourth-order valence-electron chi connectivity index (χ4n) is 1.96. The predicted octanol–water partition coefficient (Wildman–Crippen LogP) is 1.67. The number of piperidine rings is 1. The summed E-state index contributed by atoms with van der Waals surface area (Å²) in [5.41, 5.74) is 0.566. The van der Waals surface area contributed by atoms with Crippen molar-refractivity contribution in [3.63, 3.8) is 0 Å². The summed E-state index contributed by atoms with van der Waals surface area (Å²) in [5, 5.41) is 8.65. The van der Waals surface area contributed by atoms with Crippen molar-refractivity contribution in [2.75, 3.05) is 26.7 Å². The standard InChI is InChI=1S/C13H17N3O/c1-16-6-4-11(5-7-16)10-17-13-3-2-12(8-14)9-15-13/h2-3,9,11H,4-7,10H2,1H3. The molecule has 4 nitrogen and oxygen atoms in total. The van der Waals surface area contributed by atoms with Crippen LogP contribution in [0, 0.1) is 17.2 Å². The molecular formula is C13H17N3O. The number of ether oxygens (including phenoxy) is 1. The van der Waals surface area contributed by atoms with E-state index < -0.39 is 0 Å². The second kappa shape index (κ2) is 5.65. The Bertz CT molecular complexity index is 388. The number of nitrogens with zero attached hydrogens (tertiary/aromatic N) is 3. The summed E-state index contributed by atoms with van der Waals surface area (Å²) in [6, 6.07) is 5.53. The molecular weight excluding hydrogens is 214 g/mol. The number of likely N-dealkylation sites (tertiary alicyclic amines) is 1. The molecule has 1 fully saturated rings. The van der Waals surface area contributed by atoms with Gasteiger partial charge in [-0.05, 0) is 45.0 Å². The largest absolute Gasteiger partial charge is 0.477 e. The number of pyridine rings is 1. The van der Waals surface area contributed by atoms with Crippen LogP contribution in [-0.2, 0) is 0 Å². The van der Waals surface area contributed by atoms with Crippen LogP contribution in [0.3, 0.4) is 0 Å². The summed E-state index contributed by atoms with van der Waals surface area (Å²) in [4.78, 5) is 6.44. The van der Waals surface area contributed by atoms with Crippen molar-refractivity contribution in [3.8, 4) is 11.9 Å². The van der Waals surface area contributed by atoms with Gasteiger partial charge >= 0.3 is 0 Å². The summed E-state index contributed by atoms with van der Waals surface area (Å²) in [7, 11) is 2.15. The molecule has 90 valence electrons. The van der Waals surface area contributed by atoms with Gasteiger partial charge in [-0.1, -0.05) is 0 Å². The van der Waals surface area contributed by atoms with Crippen LogP contribution >= 0.6 is 0 Å². The Labute approximate surface area is 102 Å². The molecule has 17 heavy (non-hydrogen) atoms. The number of hydrogen-bond acceptors (Lipinski definition) is 4. The van der Waals surface area contributed by atoms with E-state index in [0.717, 1.165) is 19.7 Å². The quantitative estimate of drug-likeness (QED) is 0.794. The lowest BCUT2D eigenvalue weighted by Gasteiger charge is -2.28. The highest BCUT2D eigenvalue weighted by molar-refractivity contribution is 5.28. The lowest BCUT2D eigenvalue weighted by molar-refractivity contribution is 0.157. The molecule has 2 heterocycles. The molecule has 1 aromatic heterocycles. The van der Waals surface area contributed by atoms with Gasteiger partial charge in [-0.15, -0.1) is 0 Å². The van der Waals surface area contributed by atoms with Crippen molar-refractivity contribution in [3.05, 3.63) is 23.9 Å². The minimum atomic E-state index is 0.566. The first kappa shape index (κ1) is 11.9. The average molecular weight is 231 g/mol. The molecule has 0 N–H and O–H groups in total. The van der Waals surface area contributed by atoms with Crippen LogP contribution in [0.2, 0.25) is 0 Å². The minimum absolute atomic E-state index is 0.566. The van der Waals surface area contributed by atoms with Gasteiger partial charge in [0.25, 0.3) is 0 Å². The molecule has 0 saturated carbocycles. The van der Waals surface area contributed by atoms with E-state index in [2.05, 4.69) is 16.9 Å². The van der Waals surface area contributed by atoms with Crippen molar-refractivity contribution >= 4 is 0 Å². The Morgan fingerprint density at radius 2 is 2.24 bits per heavy atom. The maximum Gasteiger partial charge on any atom is 0.213 e. The van der Waals surface area contributed by atoms with Crippen LogP contribution in [0.5, 0.6) is 5.88 Å². The molecule has 4 heteroatoms. The number of rotatable bonds is 3. The van der Waals surface area contributed by atoms with Crippen LogP contribution in [0.15, 0.2) is 18.3 Å². The SMILES string of the molecule is CN1CCC(COc2ccc(C#N)cn2)CC1. The number of aromatic nitrogens is 1. The molecule has 0 unspecified atom stereocenters. The van der Waals surface area contributed by atoms with E-state index in [9.17, 15) is 0 Å². The number of hydrogen-bond donors (Lipinski definition) is 0. The van der Waals surface area contributed by atoms with E-state index in [1.165, 1.54) is 12.8 Å². The van der Waals surface area contributed by atoms with Gasteiger partial charge in [0, 0.05) is 12.3 Å². The molecule has 2 rings (SSSR count). The Morgan fingerprint density at radius 1 is 1.47 bits per heavy atom. The topological polar surface area (TPSA) is 49.1 Å². The van der Waals surface area contributed by atoms with E-state index in [-0.39, 0.29) is 0 Å². The zero-order valence-corrected chi connectivity index (χ0v) is 10.1. The van der Waals surface area contributed by atoms with Crippen LogP contribution in [0.1, 0.15) is 18.4 Å². The lowest BCUT2D eigenvalue weighted by atomic mass is 9.98. The van der Waals surface area contributed by atoms with E-state index >= 15 is 0 Å². The molecule has 1 aromatic rings. The molecule has 0 spiro atoms. The van der Waals surface area contributed by atoms with E-state index in [1.54, 1.807) is 18.3 Å². The first-order valence-electron chi connectivity index (χ1n) is 5.95. The third-order valence-corrected chi connectivity index (χ3v) is 3.17.